The molecule has 11 nitrogen and oxygen atoms in total. The molecule has 0 saturated carbocycles. The SMILES string of the molecule is COc1ncc(-c2ccc3ncc(OCCN4CCNCC4)c(=O)n3c2)cc1NS(=O)(=O)c1ccc(F)cc1Cl. The third-order valence-electron chi connectivity index (χ3n) is 6.35. The highest BCUT2D eigenvalue weighted by Gasteiger charge is 2.21. The Kier molecular flexibility index (Phi) is 8.17. The number of pyridine rings is 2. The summed E-state index contributed by atoms with van der Waals surface area (Å²) < 4.78 is 54.2. The van der Waals surface area contributed by atoms with Crippen molar-refractivity contribution in [2.45, 2.75) is 4.90 Å². The van der Waals surface area contributed by atoms with Crippen molar-refractivity contribution < 1.29 is 22.3 Å². The average Bonchev–Trinajstić information content (AvgIpc) is 2.94. The van der Waals surface area contributed by atoms with Gasteiger partial charge in [-0.15, -0.1) is 0 Å². The maximum atomic E-state index is 13.5. The van der Waals surface area contributed by atoms with E-state index in [0.29, 0.717) is 29.9 Å². The maximum absolute atomic E-state index is 13.5. The molecule has 0 amide bonds. The van der Waals surface area contributed by atoms with E-state index in [0.717, 1.165) is 44.4 Å². The van der Waals surface area contributed by atoms with E-state index in [1.165, 1.54) is 30.0 Å². The average molecular weight is 589 g/mol. The molecule has 2 N–H and O–H groups in total. The Morgan fingerprint density at radius 2 is 1.90 bits per heavy atom. The van der Waals surface area contributed by atoms with Crippen molar-refractivity contribution in [2.75, 3.05) is 51.2 Å². The lowest BCUT2D eigenvalue weighted by molar-refractivity contribution is 0.190. The molecule has 14 heteroatoms. The number of ether oxygens (including phenoxy) is 2. The zero-order valence-electron chi connectivity index (χ0n) is 21.4. The van der Waals surface area contributed by atoms with E-state index in [9.17, 15) is 17.6 Å². The fourth-order valence-corrected chi connectivity index (χ4v) is 5.87. The molecule has 0 aliphatic carbocycles. The van der Waals surface area contributed by atoms with Crippen molar-refractivity contribution >= 4 is 33.0 Å². The van der Waals surface area contributed by atoms with Crippen molar-refractivity contribution in [2.24, 2.45) is 0 Å². The smallest absolute Gasteiger partial charge is 0.300 e. The van der Waals surface area contributed by atoms with E-state index in [-0.39, 0.29) is 32.8 Å². The summed E-state index contributed by atoms with van der Waals surface area (Å²) in [7, 11) is -2.87. The van der Waals surface area contributed by atoms with Crippen LogP contribution in [0.15, 0.2) is 64.7 Å². The van der Waals surface area contributed by atoms with Crippen LogP contribution >= 0.6 is 11.6 Å². The van der Waals surface area contributed by atoms with Crippen molar-refractivity contribution in [1.82, 2.24) is 24.6 Å². The van der Waals surface area contributed by atoms with Crippen LogP contribution in [0.25, 0.3) is 16.8 Å². The predicted octanol–water partition coefficient (Wildman–Crippen LogP) is 2.64. The van der Waals surface area contributed by atoms with Crippen LogP contribution in [0, 0.1) is 5.82 Å². The summed E-state index contributed by atoms with van der Waals surface area (Å²) in [5, 5.41) is 3.02. The van der Waals surface area contributed by atoms with Gasteiger partial charge in [0, 0.05) is 56.2 Å². The molecule has 0 atom stereocenters. The highest BCUT2D eigenvalue weighted by Crippen LogP contribution is 2.31. The van der Waals surface area contributed by atoms with Crippen molar-refractivity contribution in [3.63, 3.8) is 0 Å². The summed E-state index contributed by atoms with van der Waals surface area (Å²) >= 11 is 5.98. The molecule has 1 aliphatic rings. The van der Waals surface area contributed by atoms with Crippen LogP contribution < -0.4 is 25.1 Å². The maximum Gasteiger partial charge on any atom is 0.300 e. The first-order valence-corrected chi connectivity index (χ1v) is 14.2. The molecular formula is C26H26ClFN6O5S. The van der Waals surface area contributed by atoms with Gasteiger partial charge >= 0.3 is 0 Å². The number of anilines is 1. The number of nitrogens with one attached hydrogen (secondary N) is 2. The fraction of sp³-hybridized carbons (Fsp3) is 0.269. The van der Waals surface area contributed by atoms with Crippen molar-refractivity contribution in [3.8, 4) is 22.8 Å². The van der Waals surface area contributed by atoms with E-state index >= 15 is 0 Å². The second kappa shape index (κ2) is 11.8. The predicted molar refractivity (Wildman–Crippen MR) is 148 cm³/mol. The van der Waals surface area contributed by atoms with Crippen LogP contribution in [0.3, 0.4) is 0 Å². The third-order valence-corrected chi connectivity index (χ3v) is 8.20. The van der Waals surface area contributed by atoms with E-state index in [1.54, 1.807) is 18.3 Å². The zero-order valence-corrected chi connectivity index (χ0v) is 23.0. The Morgan fingerprint density at radius 1 is 1.10 bits per heavy atom. The molecular weight excluding hydrogens is 563 g/mol. The molecule has 5 rings (SSSR count). The quantitative estimate of drug-likeness (QED) is 0.303. The minimum absolute atomic E-state index is 0.00496. The Morgan fingerprint density at radius 3 is 2.65 bits per heavy atom. The summed E-state index contributed by atoms with van der Waals surface area (Å²) in [6.45, 7) is 4.74. The second-order valence-electron chi connectivity index (χ2n) is 8.97. The molecule has 210 valence electrons. The van der Waals surface area contributed by atoms with Gasteiger partial charge in [0.1, 0.15) is 28.7 Å². The van der Waals surface area contributed by atoms with Gasteiger partial charge < -0.3 is 14.8 Å². The summed E-state index contributed by atoms with van der Waals surface area (Å²) in [6.07, 6.45) is 4.47. The van der Waals surface area contributed by atoms with Crippen LogP contribution in [-0.2, 0) is 10.0 Å². The van der Waals surface area contributed by atoms with Gasteiger partial charge in [-0.1, -0.05) is 11.6 Å². The van der Waals surface area contributed by atoms with Crippen LogP contribution in [-0.4, -0.2) is 74.1 Å². The number of sulfonamides is 1. The lowest BCUT2D eigenvalue weighted by Crippen LogP contribution is -2.45. The monoisotopic (exact) mass is 588 g/mol. The first-order valence-electron chi connectivity index (χ1n) is 12.3. The van der Waals surface area contributed by atoms with Crippen LogP contribution in [0.4, 0.5) is 10.1 Å². The molecule has 0 bridgehead atoms. The number of halogens is 2. The Labute approximate surface area is 234 Å². The molecule has 40 heavy (non-hydrogen) atoms. The van der Waals surface area contributed by atoms with Gasteiger partial charge in [-0.05, 0) is 36.4 Å². The minimum atomic E-state index is -4.21. The van der Waals surface area contributed by atoms with Gasteiger partial charge in [0.2, 0.25) is 11.6 Å². The number of benzene rings is 1. The topological polar surface area (TPSA) is 127 Å². The lowest BCUT2D eigenvalue weighted by atomic mass is 10.1. The molecule has 0 radical (unpaired) electrons. The highest BCUT2D eigenvalue weighted by atomic mass is 35.5. The number of hydrogen-bond donors (Lipinski definition) is 2. The van der Waals surface area contributed by atoms with Crippen LogP contribution in [0.2, 0.25) is 5.02 Å². The number of rotatable bonds is 9. The Hall–Kier alpha value is -3.78. The zero-order chi connectivity index (χ0) is 28.3. The number of nitrogens with zero attached hydrogens (tertiary/aromatic N) is 4. The normalized spacial score (nSPS) is 14.3. The first-order chi connectivity index (χ1) is 19.2. The molecule has 4 heterocycles. The van der Waals surface area contributed by atoms with Crippen molar-refractivity contribution in [1.29, 1.82) is 0 Å². The van der Waals surface area contributed by atoms with Gasteiger partial charge in [-0.2, -0.15) is 0 Å². The molecule has 0 unspecified atom stereocenters. The second-order valence-corrected chi connectivity index (χ2v) is 11.0. The van der Waals surface area contributed by atoms with Gasteiger partial charge in [0.05, 0.1) is 18.3 Å². The fourth-order valence-electron chi connectivity index (χ4n) is 4.29. The number of piperazine rings is 1. The number of methoxy groups -OCH3 is 1. The van der Waals surface area contributed by atoms with E-state index in [4.69, 9.17) is 21.1 Å². The molecule has 1 aliphatic heterocycles. The summed E-state index contributed by atoms with van der Waals surface area (Å²) in [6, 6.07) is 7.87. The van der Waals surface area contributed by atoms with Crippen LogP contribution in [0.1, 0.15) is 0 Å². The lowest BCUT2D eigenvalue weighted by Gasteiger charge is -2.26. The molecule has 4 aromatic rings. The summed E-state index contributed by atoms with van der Waals surface area (Å²) in [4.78, 5) is 23.7. The van der Waals surface area contributed by atoms with Gasteiger partial charge in [0.15, 0.2) is 0 Å². The van der Waals surface area contributed by atoms with Crippen molar-refractivity contribution in [3.05, 3.63) is 76.2 Å². The summed E-state index contributed by atoms with van der Waals surface area (Å²) in [5.74, 6) is -0.535. The standard InChI is InChI=1S/C26H26ClFN6O5S/c1-38-25-21(32-40(36,37)23-4-3-19(28)13-20(23)27)12-18(14-31-25)17-2-5-24-30-15-22(26(35)34(24)16-17)39-11-10-33-8-6-29-7-9-33/h2-5,12-16,29,32H,6-11H2,1H3. The Bertz CT molecular complexity index is 1710. The van der Waals surface area contributed by atoms with E-state index in [2.05, 4.69) is 24.9 Å². The molecule has 1 saturated heterocycles. The van der Waals surface area contributed by atoms with E-state index < -0.39 is 15.8 Å². The first kappa shape index (κ1) is 27.8. The molecule has 1 fully saturated rings. The van der Waals surface area contributed by atoms with Gasteiger partial charge in [-0.25, -0.2) is 22.8 Å². The van der Waals surface area contributed by atoms with E-state index in [1.807, 2.05) is 0 Å². The minimum Gasteiger partial charge on any atom is -0.485 e. The van der Waals surface area contributed by atoms with Crippen LogP contribution in [0.5, 0.6) is 11.6 Å². The molecule has 1 aromatic carbocycles. The number of aromatic nitrogens is 3. The molecule has 0 spiro atoms. The van der Waals surface area contributed by atoms with Gasteiger partial charge in [0.25, 0.3) is 15.6 Å². The van der Waals surface area contributed by atoms with Gasteiger partial charge in [-0.3, -0.25) is 18.8 Å². The largest absolute Gasteiger partial charge is 0.485 e. The summed E-state index contributed by atoms with van der Waals surface area (Å²) in [5.41, 5.74) is 1.11. The molecule has 3 aromatic heterocycles. The number of hydrogen-bond acceptors (Lipinski definition) is 9. The number of fused-ring (bicyclic) bond motifs is 1. The Balaban J connectivity index is 1.42. The highest BCUT2D eigenvalue weighted by molar-refractivity contribution is 7.92. The third kappa shape index (κ3) is 6.02.